The van der Waals surface area contributed by atoms with Gasteiger partial charge < -0.3 is 14.8 Å². The summed E-state index contributed by atoms with van der Waals surface area (Å²) in [6, 6.07) is 20.4. The van der Waals surface area contributed by atoms with E-state index < -0.39 is 10.8 Å². The van der Waals surface area contributed by atoms with Crippen LogP contribution in [0.5, 0.6) is 11.5 Å². The molecule has 0 unspecified atom stereocenters. The van der Waals surface area contributed by atoms with Crippen molar-refractivity contribution < 1.29 is 19.2 Å². The molecule has 9 heteroatoms. The Labute approximate surface area is 184 Å². The number of ether oxygens (including phenoxy) is 2. The second-order valence-corrected chi connectivity index (χ2v) is 6.76. The SMILES string of the molecule is COc1ccc([N+](=O)[O-])cc1NC(=S)NC(=O)c1ccc(OCc2ccccc2)cc1. The zero-order chi connectivity index (χ0) is 22.2. The number of non-ortho nitro benzene ring substituents is 1. The topological polar surface area (TPSA) is 103 Å². The van der Waals surface area contributed by atoms with Gasteiger partial charge in [0.05, 0.1) is 17.7 Å². The normalized spacial score (nSPS) is 10.1. The van der Waals surface area contributed by atoms with E-state index in [0.29, 0.717) is 23.7 Å². The summed E-state index contributed by atoms with van der Waals surface area (Å²) in [6.45, 7) is 0.422. The van der Waals surface area contributed by atoms with Crippen LogP contribution in [0.1, 0.15) is 15.9 Å². The van der Waals surface area contributed by atoms with Crippen LogP contribution in [0.15, 0.2) is 72.8 Å². The number of hydrogen-bond donors (Lipinski definition) is 2. The quantitative estimate of drug-likeness (QED) is 0.323. The molecule has 0 aliphatic carbocycles. The summed E-state index contributed by atoms with van der Waals surface area (Å²) in [6.07, 6.45) is 0. The van der Waals surface area contributed by atoms with Gasteiger partial charge in [-0.25, -0.2) is 0 Å². The Hall–Kier alpha value is -3.98. The standard InChI is InChI=1S/C22H19N3O5S/c1-29-20-12-9-17(25(27)28)13-19(20)23-22(31)24-21(26)16-7-10-18(11-8-16)30-14-15-5-3-2-4-6-15/h2-13H,14H2,1H3,(H2,23,24,26,31). The lowest BCUT2D eigenvalue weighted by molar-refractivity contribution is -0.384. The Kier molecular flexibility index (Phi) is 7.13. The number of nitrogens with one attached hydrogen (secondary N) is 2. The van der Waals surface area contributed by atoms with Gasteiger partial charge in [-0.05, 0) is 48.1 Å². The van der Waals surface area contributed by atoms with Crippen molar-refractivity contribution in [3.63, 3.8) is 0 Å². The van der Waals surface area contributed by atoms with E-state index in [2.05, 4.69) is 10.6 Å². The third-order valence-corrected chi connectivity index (χ3v) is 4.44. The monoisotopic (exact) mass is 437 g/mol. The van der Waals surface area contributed by atoms with E-state index in [1.54, 1.807) is 24.3 Å². The molecule has 0 fully saturated rings. The van der Waals surface area contributed by atoms with Gasteiger partial charge in [0.2, 0.25) is 0 Å². The Bertz CT molecular complexity index is 1090. The summed E-state index contributed by atoms with van der Waals surface area (Å²) in [7, 11) is 1.43. The second-order valence-electron chi connectivity index (χ2n) is 6.35. The molecule has 8 nitrogen and oxygen atoms in total. The molecule has 0 heterocycles. The molecule has 0 aromatic heterocycles. The van der Waals surface area contributed by atoms with Crippen LogP contribution >= 0.6 is 12.2 Å². The first-order chi connectivity index (χ1) is 15.0. The Morgan fingerprint density at radius 2 is 1.77 bits per heavy atom. The molecular formula is C22H19N3O5S. The van der Waals surface area contributed by atoms with Crippen LogP contribution in [-0.2, 0) is 6.61 Å². The third kappa shape index (κ3) is 6.00. The molecule has 3 aromatic carbocycles. The van der Waals surface area contributed by atoms with Gasteiger partial charge in [0.1, 0.15) is 18.1 Å². The number of methoxy groups -OCH3 is 1. The van der Waals surface area contributed by atoms with Gasteiger partial charge in [-0.2, -0.15) is 0 Å². The zero-order valence-corrected chi connectivity index (χ0v) is 17.3. The van der Waals surface area contributed by atoms with Crippen LogP contribution in [0, 0.1) is 10.1 Å². The first-order valence-electron chi connectivity index (χ1n) is 9.18. The smallest absolute Gasteiger partial charge is 0.271 e. The number of carbonyl (C=O) groups is 1. The minimum absolute atomic E-state index is 0.0202. The molecule has 1 amide bonds. The van der Waals surface area contributed by atoms with E-state index in [4.69, 9.17) is 21.7 Å². The number of thiocarbonyl (C=S) groups is 1. The van der Waals surface area contributed by atoms with Crippen molar-refractivity contribution in [2.45, 2.75) is 6.61 Å². The maximum absolute atomic E-state index is 12.4. The Balaban J connectivity index is 1.59. The van der Waals surface area contributed by atoms with Crippen molar-refractivity contribution >= 4 is 34.6 Å². The molecule has 0 saturated carbocycles. The number of nitrogens with zero attached hydrogens (tertiary/aromatic N) is 1. The molecule has 158 valence electrons. The van der Waals surface area contributed by atoms with Crippen molar-refractivity contribution in [2.24, 2.45) is 0 Å². The third-order valence-electron chi connectivity index (χ3n) is 4.23. The minimum Gasteiger partial charge on any atom is -0.495 e. The van der Waals surface area contributed by atoms with E-state index in [-0.39, 0.29) is 16.5 Å². The fourth-order valence-corrected chi connectivity index (χ4v) is 2.88. The molecule has 0 atom stereocenters. The summed E-state index contributed by atoms with van der Waals surface area (Å²) in [4.78, 5) is 22.9. The lowest BCUT2D eigenvalue weighted by atomic mass is 10.2. The van der Waals surface area contributed by atoms with Gasteiger partial charge in [0.25, 0.3) is 11.6 Å². The molecule has 2 N–H and O–H groups in total. The predicted octanol–water partition coefficient (Wildman–Crippen LogP) is 4.31. The Morgan fingerprint density at radius 3 is 2.42 bits per heavy atom. The highest BCUT2D eigenvalue weighted by molar-refractivity contribution is 7.80. The molecule has 3 aromatic rings. The minimum atomic E-state index is -0.534. The van der Waals surface area contributed by atoms with Crippen molar-refractivity contribution in [1.29, 1.82) is 0 Å². The fraction of sp³-hybridized carbons (Fsp3) is 0.0909. The summed E-state index contributed by atoms with van der Waals surface area (Å²) < 4.78 is 10.9. The van der Waals surface area contributed by atoms with Crippen LogP contribution in [-0.4, -0.2) is 23.1 Å². The van der Waals surface area contributed by atoms with Gasteiger partial charge in [0, 0.05) is 17.7 Å². The largest absolute Gasteiger partial charge is 0.495 e. The van der Waals surface area contributed by atoms with Gasteiger partial charge >= 0.3 is 0 Å². The van der Waals surface area contributed by atoms with Crippen LogP contribution < -0.4 is 20.1 Å². The van der Waals surface area contributed by atoms with E-state index in [1.165, 1.54) is 25.3 Å². The first kappa shape index (κ1) is 21.7. The summed E-state index contributed by atoms with van der Waals surface area (Å²) in [5, 5.41) is 16.2. The number of nitro groups is 1. The van der Waals surface area contributed by atoms with E-state index >= 15 is 0 Å². The van der Waals surface area contributed by atoms with Crippen LogP contribution in [0.4, 0.5) is 11.4 Å². The highest BCUT2D eigenvalue weighted by Gasteiger charge is 2.14. The lowest BCUT2D eigenvalue weighted by Gasteiger charge is -2.13. The van der Waals surface area contributed by atoms with E-state index in [9.17, 15) is 14.9 Å². The molecule has 0 aliphatic heterocycles. The molecule has 0 saturated heterocycles. The lowest BCUT2D eigenvalue weighted by Crippen LogP contribution is -2.34. The van der Waals surface area contributed by atoms with E-state index in [0.717, 1.165) is 5.56 Å². The van der Waals surface area contributed by atoms with Crippen molar-refractivity contribution in [1.82, 2.24) is 5.32 Å². The van der Waals surface area contributed by atoms with Gasteiger partial charge in [-0.3, -0.25) is 20.2 Å². The van der Waals surface area contributed by atoms with Crippen LogP contribution in [0.2, 0.25) is 0 Å². The highest BCUT2D eigenvalue weighted by atomic mass is 32.1. The van der Waals surface area contributed by atoms with E-state index in [1.807, 2.05) is 30.3 Å². The average molecular weight is 437 g/mol. The maximum Gasteiger partial charge on any atom is 0.271 e. The number of hydrogen-bond acceptors (Lipinski definition) is 6. The molecule has 31 heavy (non-hydrogen) atoms. The summed E-state index contributed by atoms with van der Waals surface area (Å²) in [5.74, 6) is 0.543. The summed E-state index contributed by atoms with van der Waals surface area (Å²) >= 11 is 5.16. The number of benzene rings is 3. The first-order valence-corrected chi connectivity index (χ1v) is 9.58. The summed E-state index contributed by atoms with van der Waals surface area (Å²) in [5.41, 5.74) is 1.55. The van der Waals surface area contributed by atoms with Gasteiger partial charge in [-0.15, -0.1) is 0 Å². The molecular weight excluding hydrogens is 418 g/mol. The van der Waals surface area contributed by atoms with Crippen molar-refractivity contribution in [3.05, 3.63) is 94.0 Å². The number of amides is 1. The molecule has 0 spiro atoms. The molecule has 0 aliphatic rings. The average Bonchev–Trinajstić information content (AvgIpc) is 2.78. The van der Waals surface area contributed by atoms with Crippen LogP contribution in [0.3, 0.4) is 0 Å². The number of nitro benzene ring substituents is 1. The van der Waals surface area contributed by atoms with Crippen molar-refractivity contribution in [2.75, 3.05) is 12.4 Å². The fourth-order valence-electron chi connectivity index (χ4n) is 2.68. The number of anilines is 1. The molecule has 3 rings (SSSR count). The van der Waals surface area contributed by atoms with Crippen LogP contribution in [0.25, 0.3) is 0 Å². The second kappa shape index (κ2) is 10.2. The number of rotatable bonds is 7. The van der Waals surface area contributed by atoms with Crippen molar-refractivity contribution in [3.8, 4) is 11.5 Å². The zero-order valence-electron chi connectivity index (χ0n) is 16.5. The number of carbonyl (C=O) groups excluding carboxylic acids is 1. The maximum atomic E-state index is 12.4. The van der Waals surface area contributed by atoms with Gasteiger partial charge in [0.15, 0.2) is 5.11 Å². The Morgan fingerprint density at radius 1 is 1.06 bits per heavy atom. The highest BCUT2D eigenvalue weighted by Crippen LogP contribution is 2.28. The molecule has 0 radical (unpaired) electrons. The van der Waals surface area contributed by atoms with Gasteiger partial charge in [-0.1, -0.05) is 30.3 Å². The predicted molar refractivity (Wildman–Crippen MR) is 121 cm³/mol. The molecule has 0 bridgehead atoms.